The van der Waals surface area contributed by atoms with Crippen LogP contribution in [0.4, 0.5) is 5.82 Å². The molecule has 118 valence electrons. The molecular weight excluding hydrogens is 352 g/mol. The number of nitrogens with zero attached hydrogens (tertiary/aromatic N) is 3. The van der Waals surface area contributed by atoms with Crippen LogP contribution in [0, 0.1) is 13.8 Å². The fraction of sp³-hybridized carbons (Fsp3) is 0.222. The van der Waals surface area contributed by atoms with Crippen LogP contribution in [-0.2, 0) is 13.1 Å². The first kappa shape index (κ1) is 15.7. The van der Waals surface area contributed by atoms with Gasteiger partial charge in [0.05, 0.1) is 12.2 Å². The fourth-order valence-corrected chi connectivity index (χ4v) is 2.79. The summed E-state index contributed by atoms with van der Waals surface area (Å²) in [6.45, 7) is 5.70. The van der Waals surface area contributed by atoms with Gasteiger partial charge in [0.25, 0.3) is 0 Å². The Hall–Kier alpha value is -2.14. The van der Waals surface area contributed by atoms with Crippen molar-refractivity contribution in [2.75, 3.05) is 5.32 Å². The van der Waals surface area contributed by atoms with Crippen molar-refractivity contribution in [2.45, 2.75) is 26.9 Å². The first-order valence-corrected chi connectivity index (χ1v) is 8.35. The summed E-state index contributed by atoms with van der Waals surface area (Å²) >= 11 is 3.40. The van der Waals surface area contributed by atoms with Gasteiger partial charge in [-0.2, -0.15) is 5.10 Å². The second-order valence-corrected chi connectivity index (χ2v) is 6.42. The number of hydrogen-bond donors (Lipinski definition) is 1. The molecule has 2 aromatic heterocycles. The summed E-state index contributed by atoms with van der Waals surface area (Å²) in [5, 5.41) is 8.04. The fourth-order valence-electron chi connectivity index (χ4n) is 2.56. The molecular formula is C18H19BrN4. The maximum absolute atomic E-state index is 4.68. The maximum atomic E-state index is 4.68. The average Bonchev–Trinajstić information content (AvgIpc) is 2.82. The molecule has 0 aliphatic carbocycles. The van der Waals surface area contributed by atoms with Gasteiger partial charge in [0, 0.05) is 28.5 Å². The Morgan fingerprint density at radius 2 is 1.87 bits per heavy atom. The predicted molar refractivity (Wildman–Crippen MR) is 96.5 cm³/mol. The Labute approximate surface area is 144 Å². The van der Waals surface area contributed by atoms with Crippen molar-refractivity contribution >= 4 is 21.7 Å². The molecule has 0 saturated carbocycles. The molecule has 5 heteroatoms. The van der Waals surface area contributed by atoms with Crippen molar-refractivity contribution in [3.05, 3.63) is 75.6 Å². The molecule has 0 spiro atoms. The summed E-state index contributed by atoms with van der Waals surface area (Å²) in [5.41, 5.74) is 4.73. The predicted octanol–water partition coefficient (Wildman–Crippen LogP) is 4.32. The quantitative estimate of drug-likeness (QED) is 0.727. The van der Waals surface area contributed by atoms with E-state index in [0.717, 1.165) is 29.1 Å². The Kier molecular flexibility index (Phi) is 4.76. The number of aromatic nitrogens is 3. The molecule has 4 nitrogen and oxygen atoms in total. The van der Waals surface area contributed by atoms with Gasteiger partial charge in [0.2, 0.25) is 0 Å². The van der Waals surface area contributed by atoms with E-state index in [1.165, 1.54) is 16.8 Å². The van der Waals surface area contributed by atoms with E-state index in [1.807, 2.05) is 18.2 Å². The van der Waals surface area contributed by atoms with Crippen LogP contribution in [0.3, 0.4) is 0 Å². The zero-order valence-corrected chi connectivity index (χ0v) is 14.8. The van der Waals surface area contributed by atoms with Crippen LogP contribution in [-0.4, -0.2) is 14.8 Å². The minimum atomic E-state index is 0.723. The molecule has 23 heavy (non-hydrogen) atoms. The lowest BCUT2D eigenvalue weighted by Gasteiger charge is -2.07. The molecule has 2 heterocycles. The Morgan fingerprint density at radius 1 is 1.09 bits per heavy atom. The summed E-state index contributed by atoms with van der Waals surface area (Å²) in [6.07, 6.45) is 1.79. The molecule has 3 rings (SSSR count). The van der Waals surface area contributed by atoms with Crippen LogP contribution >= 0.6 is 15.9 Å². The van der Waals surface area contributed by atoms with E-state index in [9.17, 15) is 0 Å². The lowest BCUT2D eigenvalue weighted by molar-refractivity contribution is 0.658. The lowest BCUT2D eigenvalue weighted by Crippen LogP contribution is -2.06. The van der Waals surface area contributed by atoms with E-state index in [-0.39, 0.29) is 0 Å². The third-order valence-electron chi connectivity index (χ3n) is 3.88. The Bertz CT molecular complexity index is 779. The van der Waals surface area contributed by atoms with E-state index >= 15 is 0 Å². The highest BCUT2D eigenvalue weighted by molar-refractivity contribution is 9.10. The van der Waals surface area contributed by atoms with Gasteiger partial charge in [0.1, 0.15) is 5.82 Å². The molecule has 1 N–H and O–H groups in total. The molecule has 1 aromatic carbocycles. The Balaban J connectivity index is 1.74. The third-order valence-corrected chi connectivity index (χ3v) is 4.35. The van der Waals surface area contributed by atoms with Crippen LogP contribution in [0.5, 0.6) is 0 Å². The van der Waals surface area contributed by atoms with Crippen molar-refractivity contribution in [1.82, 2.24) is 14.8 Å². The minimum Gasteiger partial charge on any atom is -0.366 e. The number of rotatable bonds is 5. The number of nitrogens with one attached hydrogen (secondary N) is 1. The molecule has 0 bridgehead atoms. The van der Waals surface area contributed by atoms with Crippen LogP contribution in [0.2, 0.25) is 0 Å². The van der Waals surface area contributed by atoms with Gasteiger partial charge in [-0.25, -0.2) is 4.98 Å². The van der Waals surface area contributed by atoms with Crippen LogP contribution in [0.1, 0.15) is 22.5 Å². The second-order valence-electron chi connectivity index (χ2n) is 5.51. The first-order valence-electron chi connectivity index (χ1n) is 7.55. The van der Waals surface area contributed by atoms with Crippen molar-refractivity contribution in [1.29, 1.82) is 0 Å². The van der Waals surface area contributed by atoms with E-state index in [0.29, 0.717) is 0 Å². The summed E-state index contributed by atoms with van der Waals surface area (Å²) in [6, 6.07) is 14.3. The maximum Gasteiger partial charge on any atom is 0.126 e. The highest BCUT2D eigenvalue weighted by Gasteiger charge is 2.11. The normalized spacial score (nSPS) is 10.7. The lowest BCUT2D eigenvalue weighted by atomic mass is 10.2. The van der Waals surface area contributed by atoms with Gasteiger partial charge in [-0.15, -0.1) is 0 Å². The van der Waals surface area contributed by atoms with Gasteiger partial charge < -0.3 is 5.32 Å². The summed E-state index contributed by atoms with van der Waals surface area (Å²) < 4.78 is 3.04. The first-order chi connectivity index (χ1) is 11.1. The number of benzene rings is 1. The largest absolute Gasteiger partial charge is 0.366 e. The molecule has 0 amide bonds. The Morgan fingerprint density at radius 3 is 2.57 bits per heavy atom. The smallest absolute Gasteiger partial charge is 0.126 e. The number of halogens is 1. The van der Waals surface area contributed by atoms with E-state index in [4.69, 9.17) is 0 Å². The number of pyridine rings is 1. The highest BCUT2D eigenvalue weighted by Crippen LogP contribution is 2.17. The molecule has 3 aromatic rings. The SMILES string of the molecule is Cc1nn(Cc2ccccc2)c(C)c1CNc1ccc(Br)cn1. The number of aryl methyl sites for hydroxylation is 1. The minimum absolute atomic E-state index is 0.723. The van der Waals surface area contributed by atoms with Crippen molar-refractivity contribution in [2.24, 2.45) is 0 Å². The highest BCUT2D eigenvalue weighted by atomic mass is 79.9. The van der Waals surface area contributed by atoms with Crippen LogP contribution in [0.15, 0.2) is 53.1 Å². The third kappa shape index (κ3) is 3.79. The molecule has 0 aliphatic rings. The summed E-state index contributed by atoms with van der Waals surface area (Å²) in [7, 11) is 0. The van der Waals surface area contributed by atoms with Crippen molar-refractivity contribution in [3.8, 4) is 0 Å². The average molecular weight is 371 g/mol. The van der Waals surface area contributed by atoms with Gasteiger partial charge in [-0.1, -0.05) is 30.3 Å². The summed E-state index contributed by atoms with van der Waals surface area (Å²) in [4.78, 5) is 4.34. The molecule has 0 fully saturated rings. The van der Waals surface area contributed by atoms with Crippen molar-refractivity contribution in [3.63, 3.8) is 0 Å². The van der Waals surface area contributed by atoms with Gasteiger partial charge in [-0.05, 0) is 47.5 Å². The van der Waals surface area contributed by atoms with Crippen LogP contribution < -0.4 is 5.32 Å². The molecule has 0 saturated heterocycles. The zero-order chi connectivity index (χ0) is 16.2. The number of anilines is 1. The molecule has 0 unspecified atom stereocenters. The molecule has 0 radical (unpaired) electrons. The summed E-state index contributed by atoms with van der Waals surface area (Å²) in [5.74, 6) is 0.864. The number of hydrogen-bond acceptors (Lipinski definition) is 3. The topological polar surface area (TPSA) is 42.7 Å². The second kappa shape index (κ2) is 6.96. The van der Waals surface area contributed by atoms with E-state index < -0.39 is 0 Å². The van der Waals surface area contributed by atoms with Gasteiger partial charge in [-0.3, -0.25) is 4.68 Å². The van der Waals surface area contributed by atoms with Crippen LogP contribution in [0.25, 0.3) is 0 Å². The zero-order valence-electron chi connectivity index (χ0n) is 13.3. The van der Waals surface area contributed by atoms with Crippen molar-refractivity contribution < 1.29 is 0 Å². The molecule has 0 atom stereocenters. The van der Waals surface area contributed by atoms with E-state index in [1.54, 1.807) is 6.20 Å². The van der Waals surface area contributed by atoms with Gasteiger partial charge in [0.15, 0.2) is 0 Å². The standard InChI is InChI=1S/C18H19BrN4/c1-13-17(11-21-18-9-8-16(19)10-20-18)14(2)23(22-13)12-15-6-4-3-5-7-15/h3-10H,11-12H2,1-2H3,(H,20,21). The monoisotopic (exact) mass is 370 g/mol. The van der Waals surface area contributed by atoms with E-state index in [2.05, 4.69) is 74.1 Å². The molecule has 0 aliphatic heterocycles. The van der Waals surface area contributed by atoms with Gasteiger partial charge >= 0.3 is 0 Å².